The number of fused-ring (bicyclic) bond motifs is 1. The first kappa shape index (κ1) is 28.2. The van der Waals surface area contributed by atoms with Crippen molar-refractivity contribution in [3.8, 4) is 17.1 Å². The molecule has 0 atom stereocenters. The number of nitrogens with zero attached hydrogens (tertiary/aromatic N) is 6. The molecule has 2 aliphatic heterocycles. The SMILES string of the molecule is CCOc1ccc(S(=O)(=O)N2CCN(CC(=O)N3CCOCC3)CC2)cc1-c1nn2c(CC)nc(C)c2c(=O)[nH]1. The number of hydrogen-bond acceptors (Lipinski definition) is 9. The Morgan fingerprint density at radius 3 is 2.50 bits per heavy atom. The van der Waals surface area contributed by atoms with E-state index in [0.717, 1.165) is 0 Å². The van der Waals surface area contributed by atoms with E-state index in [1.165, 1.54) is 21.0 Å². The molecule has 0 unspecified atom stereocenters. The second-order valence-corrected chi connectivity index (χ2v) is 11.7. The summed E-state index contributed by atoms with van der Waals surface area (Å²) < 4.78 is 41.4. The molecule has 2 aliphatic rings. The van der Waals surface area contributed by atoms with E-state index in [2.05, 4.69) is 15.1 Å². The second-order valence-electron chi connectivity index (χ2n) is 9.79. The molecule has 0 aliphatic carbocycles. The van der Waals surface area contributed by atoms with Gasteiger partial charge in [0.05, 0.1) is 42.5 Å². The average Bonchev–Trinajstić information content (AvgIpc) is 3.29. The molecular formula is C26H35N7O6S. The Bertz CT molecular complexity index is 1550. The number of nitrogens with one attached hydrogen (secondary N) is 1. The van der Waals surface area contributed by atoms with Gasteiger partial charge in [0.2, 0.25) is 15.9 Å². The molecule has 4 heterocycles. The Kier molecular flexibility index (Phi) is 8.21. The molecule has 40 heavy (non-hydrogen) atoms. The van der Waals surface area contributed by atoms with Gasteiger partial charge in [-0.2, -0.15) is 4.31 Å². The van der Waals surface area contributed by atoms with Crippen LogP contribution in [0.25, 0.3) is 16.9 Å². The van der Waals surface area contributed by atoms with Crippen LogP contribution in [-0.2, 0) is 26.0 Å². The number of H-pyrrole nitrogens is 1. The number of carbonyl (C=O) groups excluding carboxylic acids is 1. The highest BCUT2D eigenvalue weighted by Crippen LogP contribution is 2.31. The minimum Gasteiger partial charge on any atom is -0.493 e. The maximum Gasteiger partial charge on any atom is 0.277 e. The van der Waals surface area contributed by atoms with Gasteiger partial charge in [-0.1, -0.05) is 6.92 Å². The zero-order chi connectivity index (χ0) is 28.4. The Labute approximate surface area is 232 Å². The van der Waals surface area contributed by atoms with Crippen LogP contribution in [0.1, 0.15) is 25.4 Å². The number of amides is 1. The highest BCUT2D eigenvalue weighted by molar-refractivity contribution is 7.89. The second kappa shape index (κ2) is 11.6. The van der Waals surface area contributed by atoms with Gasteiger partial charge in [-0.25, -0.2) is 17.9 Å². The van der Waals surface area contributed by atoms with Crippen LogP contribution >= 0.6 is 0 Å². The smallest absolute Gasteiger partial charge is 0.277 e. The molecule has 14 heteroatoms. The number of hydrogen-bond donors (Lipinski definition) is 1. The topological polar surface area (TPSA) is 142 Å². The molecule has 1 amide bonds. The van der Waals surface area contributed by atoms with Crippen molar-refractivity contribution in [1.82, 2.24) is 33.7 Å². The molecule has 0 spiro atoms. The van der Waals surface area contributed by atoms with Gasteiger partial charge in [0.25, 0.3) is 5.56 Å². The Morgan fingerprint density at radius 2 is 1.82 bits per heavy atom. The number of aryl methyl sites for hydroxylation is 2. The van der Waals surface area contributed by atoms with E-state index in [1.807, 2.05) is 18.7 Å². The summed E-state index contributed by atoms with van der Waals surface area (Å²) in [5, 5.41) is 4.61. The van der Waals surface area contributed by atoms with Crippen molar-refractivity contribution in [3.63, 3.8) is 0 Å². The van der Waals surface area contributed by atoms with Crippen molar-refractivity contribution in [2.45, 2.75) is 32.1 Å². The van der Waals surface area contributed by atoms with Gasteiger partial charge in [-0.15, -0.1) is 5.10 Å². The van der Waals surface area contributed by atoms with E-state index >= 15 is 0 Å². The van der Waals surface area contributed by atoms with Crippen molar-refractivity contribution >= 4 is 21.4 Å². The standard InChI is InChI=1S/C26H35N7O6S/c1-4-22-27-18(3)24-26(35)28-25(29-33(22)24)20-16-19(6-7-21(20)39-5-2)40(36,37)32-10-8-30(9-11-32)17-23(34)31-12-14-38-15-13-31/h6-7,16H,4-5,8-15,17H2,1-3H3,(H,28,29,35). The van der Waals surface area contributed by atoms with E-state index in [9.17, 15) is 18.0 Å². The Balaban J connectivity index is 1.39. The van der Waals surface area contributed by atoms with Crippen LogP contribution in [0.4, 0.5) is 0 Å². The molecule has 13 nitrogen and oxygen atoms in total. The summed E-state index contributed by atoms with van der Waals surface area (Å²) in [7, 11) is -3.86. The van der Waals surface area contributed by atoms with Crippen molar-refractivity contribution in [2.24, 2.45) is 0 Å². The number of piperazine rings is 1. The number of imidazole rings is 1. The predicted octanol–water partition coefficient (Wildman–Crippen LogP) is 0.519. The van der Waals surface area contributed by atoms with Crippen LogP contribution in [0.5, 0.6) is 5.75 Å². The molecule has 0 radical (unpaired) electrons. The lowest BCUT2D eigenvalue weighted by Crippen LogP contribution is -2.52. The fourth-order valence-electron chi connectivity index (χ4n) is 5.10. The van der Waals surface area contributed by atoms with Gasteiger partial charge >= 0.3 is 0 Å². The lowest BCUT2D eigenvalue weighted by molar-refractivity contribution is -0.136. The summed E-state index contributed by atoms with van der Waals surface area (Å²) >= 11 is 0. The van der Waals surface area contributed by atoms with Crippen LogP contribution in [0.15, 0.2) is 27.9 Å². The van der Waals surface area contributed by atoms with Crippen molar-refractivity contribution in [1.29, 1.82) is 0 Å². The lowest BCUT2D eigenvalue weighted by atomic mass is 10.2. The third-order valence-corrected chi connectivity index (χ3v) is 9.15. The van der Waals surface area contributed by atoms with Crippen molar-refractivity contribution in [2.75, 3.05) is 65.6 Å². The van der Waals surface area contributed by atoms with Gasteiger partial charge in [-0.05, 0) is 32.0 Å². The molecule has 216 valence electrons. The summed E-state index contributed by atoms with van der Waals surface area (Å²) in [6, 6.07) is 4.59. The lowest BCUT2D eigenvalue weighted by Gasteiger charge is -2.35. The number of aromatic nitrogens is 4. The summed E-state index contributed by atoms with van der Waals surface area (Å²) in [6.07, 6.45) is 0.571. The number of ether oxygens (including phenoxy) is 2. The molecule has 1 aromatic carbocycles. The number of rotatable bonds is 8. The third-order valence-electron chi connectivity index (χ3n) is 7.26. The van der Waals surface area contributed by atoms with E-state index in [1.54, 1.807) is 17.9 Å². The molecule has 2 aromatic heterocycles. The van der Waals surface area contributed by atoms with E-state index in [4.69, 9.17) is 9.47 Å². The normalized spacial score (nSPS) is 17.4. The zero-order valence-electron chi connectivity index (χ0n) is 23.1. The fourth-order valence-corrected chi connectivity index (χ4v) is 6.55. The van der Waals surface area contributed by atoms with Crippen molar-refractivity contribution < 1.29 is 22.7 Å². The maximum absolute atomic E-state index is 13.7. The third kappa shape index (κ3) is 5.48. The first-order valence-corrected chi connectivity index (χ1v) is 15.0. The van der Waals surface area contributed by atoms with Gasteiger partial charge in [0.1, 0.15) is 11.6 Å². The Hall–Kier alpha value is -3.33. The highest BCUT2D eigenvalue weighted by atomic mass is 32.2. The summed E-state index contributed by atoms with van der Waals surface area (Å²) in [5.41, 5.74) is 0.926. The minimum absolute atomic E-state index is 0.0357. The maximum atomic E-state index is 13.7. The quantitative estimate of drug-likeness (QED) is 0.408. The predicted molar refractivity (Wildman–Crippen MR) is 147 cm³/mol. The van der Waals surface area contributed by atoms with Crippen LogP contribution in [0.2, 0.25) is 0 Å². The van der Waals surface area contributed by atoms with E-state index < -0.39 is 10.0 Å². The summed E-state index contributed by atoms with van der Waals surface area (Å²) in [6.45, 7) is 9.78. The summed E-state index contributed by atoms with van der Waals surface area (Å²) in [5.74, 6) is 1.27. The number of carbonyl (C=O) groups is 1. The van der Waals surface area contributed by atoms with Gasteiger partial charge in [0.15, 0.2) is 11.3 Å². The minimum atomic E-state index is -3.86. The van der Waals surface area contributed by atoms with E-state index in [-0.39, 0.29) is 41.8 Å². The molecule has 0 bridgehead atoms. The monoisotopic (exact) mass is 573 g/mol. The molecule has 3 aromatic rings. The van der Waals surface area contributed by atoms with Crippen LogP contribution in [-0.4, -0.2) is 114 Å². The van der Waals surface area contributed by atoms with Crippen LogP contribution in [0.3, 0.4) is 0 Å². The first-order chi connectivity index (χ1) is 19.2. The van der Waals surface area contributed by atoms with Gasteiger partial charge < -0.3 is 19.4 Å². The number of benzene rings is 1. The first-order valence-electron chi connectivity index (χ1n) is 13.6. The summed E-state index contributed by atoms with van der Waals surface area (Å²) in [4.78, 5) is 36.7. The van der Waals surface area contributed by atoms with Crippen LogP contribution < -0.4 is 10.3 Å². The van der Waals surface area contributed by atoms with Crippen LogP contribution in [0, 0.1) is 6.92 Å². The molecule has 2 saturated heterocycles. The van der Waals surface area contributed by atoms with Crippen molar-refractivity contribution in [3.05, 3.63) is 40.1 Å². The fraction of sp³-hybridized carbons (Fsp3) is 0.538. The van der Waals surface area contributed by atoms with Gasteiger partial charge in [0, 0.05) is 45.7 Å². The molecule has 0 saturated carbocycles. The van der Waals surface area contributed by atoms with Gasteiger partial charge in [-0.3, -0.25) is 14.5 Å². The van der Waals surface area contributed by atoms with E-state index in [0.29, 0.717) is 80.8 Å². The molecule has 1 N–H and O–H groups in total. The molecular weight excluding hydrogens is 538 g/mol. The number of sulfonamides is 1. The molecule has 2 fully saturated rings. The largest absolute Gasteiger partial charge is 0.493 e. The zero-order valence-corrected chi connectivity index (χ0v) is 23.9. The number of aromatic amines is 1. The number of morpholine rings is 1. The Morgan fingerprint density at radius 1 is 1.10 bits per heavy atom. The molecule has 5 rings (SSSR count). The highest BCUT2D eigenvalue weighted by Gasteiger charge is 2.31. The average molecular weight is 574 g/mol.